The highest BCUT2D eigenvalue weighted by atomic mass is 32.1. The van der Waals surface area contributed by atoms with Crippen molar-refractivity contribution in [3.63, 3.8) is 0 Å². The molecule has 1 amide bonds. The molecule has 1 heterocycles. The Morgan fingerprint density at radius 3 is 2.61 bits per heavy atom. The van der Waals surface area contributed by atoms with E-state index < -0.39 is 0 Å². The van der Waals surface area contributed by atoms with E-state index in [0.29, 0.717) is 29.7 Å². The fourth-order valence-corrected chi connectivity index (χ4v) is 4.90. The van der Waals surface area contributed by atoms with Crippen molar-refractivity contribution in [3.05, 3.63) is 45.8 Å². The summed E-state index contributed by atoms with van der Waals surface area (Å²) in [5, 5.41) is 3.58. The number of hydrogen-bond acceptors (Lipinski definition) is 5. The fourth-order valence-electron chi connectivity index (χ4n) is 3.48. The van der Waals surface area contributed by atoms with Crippen LogP contribution in [0.5, 0.6) is 5.75 Å². The highest BCUT2D eigenvalue weighted by molar-refractivity contribution is 7.17. The summed E-state index contributed by atoms with van der Waals surface area (Å²) in [7, 11) is 0. The summed E-state index contributed by atoms with van der Waals surface area (Å²) in [4.78, 5) is 26.3. The molecule has 3 rings (SSSR count). The Bertz CT molecular complexity index is 841. The summed E-state index contributed by atoms with van der Waals surface area (Å²) in [6.45, 7) is 6.88. The van der Waals surface area contributed by atoms with Crippen molar-refractivity contribution in [2.24, 2.45) is 5.92 Å². The molecule has 1 atom stereocenters. The monoisotopic (exact) mass is 401 g/mol. The molecule has 1 N–H and O–H groups in total. The molecule has 5 nitrogen and oxygen atoms in total. The van der Waals surface area contributed by atoms with Crippen LogP contribution >= 0.6 is 11.3 Å². The van der Waals surface area contributed by atoms with E-state index in [4.69, 9.17) is 9.47 Å². The van der Waals surface area contributed by atoms with Gasteiger partial charge in [-0.2, -0.15) is 0 Å². The molecule has 0 fully saturated rings. The van der Waals surface area contributed by atoms with Gasteiger partial charge in [-0.05, 0) is 62.3 Å². The zero-order chi connectivity index (χ0) is 20.1. The summed E-state index contributed by atoms with van der Waals surface area (Å²) < 4.78 is 10.7. The van der Waals surface area contributed by atoms with E-state index in [2.05, 4.69) is 12.2 Å². The van der Waals surface area contributed by atoms with Gasteiger partial charge < -0.3 is 14.8 Å². The Hall–Kier alpha value is -2.34. The first-order chi connectivity index (χ1) is 13.5. The summed E-state index contributed by atoms with van der Waals surface area (Å²) in [6.07, 6.45) is 3.10. The first kappa shape index (κ1) is 20.4. The second kappa shape index (κ2) is 9.24. The van der Waals surface area contributed by atoms with Gasteiger partial charge in [0.15, 0.2) is 0 Å². The third-order valence-electron chi connectivity index (χ3n) is 4.84. The maximum Gasteiger partial charge on any atom is 0.341 e. The zero-order valence-corrected chi connectivity index (χ0v) is 17.5. The predicted molar refractivity (Wildman–Crippen MR) is 111 cm³/mol. The smallest absolute Gasteiger partial charge is 0.341 e. The van der Waals surface area contributed by atoms with Crippen LogP contribution in [0.4, 0.5) is 5.00 Å². The lowest BCUT2D eigenvalue weighted by Crippen LogP contribution is -2.17. The van der Waals surface area contributed by atoms with Crippen LogP contribution in [0.25, 0.3) is 0 Å². The van der Waals surface area contributed by atoms with Crippen LogP contribution in [-0.4, -0.2) is 25.1 Å². The molecule has 1 aromatic carbocycles. The fraction of sp³-hybridized carbons (Fsp3) is 0.455. The van der Waals surface area contributed by atoms with Crippen LogP contribution in [-0.2, 0) is 28.8 Å². The van der Waals surface area contributed by atoms with Gasteiger partial charge in [0.05, 0.1) is 25.2 Å². The van der Waals surface area contributed by atoms with E-state index in [-0.39, 0.29) is 18.3 Å². The van der Waals surface area contributed by atoms with Crippen molar-refractivity contribution < 1.29 is 19.1 Å². The third-order valence-corrected chi connectivity index (χ3v) is 6.01. The minimum atomic E-state index is -0.342. The Morgan fingerprint density at radius 2 is 1.93 bits per heavy atom. The van der Waals surface area contributed by atoms with Gasteiger partial charge in [0.25, 0.3) is 0 Å². The molecular formula is C22H27NO4S. The molecular weight excluding hydrogens is 374 g/mol. The lowest BCUT2D eigenvalue weighted by atomic mass is 9.88. The maximum atomic E-state index is 12.6. The van der Waals surface area contributed by atoms with Crippen molar-refractivity contribution >= 4 is 28.2 Å². The molecule has 0 saturated heterocycles. The van der Waals surface area contributed by atoms with Crippen molar-refractivity contribution in [3.8, 4) is 5.75 Å². The molecule has 1 aliphatic carbocycles. The lowest BCUT2D eigenvalue weighted by molar-refractivity contribution is -0.115. The second-order valence-electron chi connectivity index (χ2n) is 7.08. The number of hydrogen-bond donors (Lipinski definition) is 1. The summed E-state index contributed by atoms with van der Waals surface area (Å²) in [5.74, 6) is 0.900. The van der Waals surface area contributed by atoms with Gasteiger partial charge in [0.2, 0.25) is 5.91 Å². The van der Waals surface area contributed by atoms with E-state index in [1.54, 1.807) is 6.92 Å². The molecule has 6 heteroatoms. The average molecular weight is 402 g/mol. The van der Waals surface area contributed by atoms with Gasteiger partial charge >= 0.3 is 5.97 Å². The van der Waals surface area contributed by atoms with E-state index in [9.17, 15) is 9.59 Å². The third kappa shape index (κ3) is 4.73. The van der Waals surface area contributed by atoms with Gasteiger partial charge in [-0.1, -0.05) is 19.1 Å². The molecule has 1 aromatic heterocycles. The van der Waals surface area contributed by atoms with Gasteiger partial charge in [0, 0.05) is 4.88 Å². The first-order valence-corrected chi connectivity index (χ1v) is 10.7. The number of ether oxygens (including phenoxy) is 2. The number of carbonyl (C=O) groups is 2. The Balaban J connectivity index is 1.77. The number of thiophene rings is 1. The molecule has 0 saturated carbocycles. The van der Waals surface area contributed by atoms with E-state index in [1.165, 1.54) is 16.2 Å². The molecule has 0 radical (unpaired) electrons. The number of rotatable bonds is 7. The van der Waals surface area contributed by atoms with Gasteiger partial charge in [-0.25, -0.2) is 4.79 Å². The summed E-state index contributed by atoms with van der Waals surface area (Å²) >= 11 is 1.52. The van der Waals surface area contributed by atoms with Crippen molar-refractivity contribution in [2.75, 3.05) is 18.5 Å². The SMILES string of the molecule is CCOC(=O)c1c(NC(=O)Cc2ccc(OCC)cc2)sc2c1CC[C@H](C)C2. The quantitative estimate of drug-likeness (QED) is 0.687. The highest BCUT2D eigenvalue weighted by Gasteiger charge is 2.29. The molecule has 0 aliphatic heterocycles. The van der Waals surface area contributed by atoms with E-state index in [1.807, 2.05) is 31.2 Å². The number of amides is 1. The minimum Gasteiger partial charge on any atom is -0.494 e. The van der Waals surface area contributed by atoms with Gasteiger partial charge in [-0.3, -0.25) is 4.79 Å². The minimum absolute atomic E-state index is 0.138. The number of nitrogens with one attached hydrogen (secondary N) is 1. The molecule has 0 bridgehead atoms. The zero-order valence-electron chi connectivity index (χ0n) is 16.7. The Kier molecular flexibility index (Phi) is 6.73. The van der Waals surface area contributed by atoms with Crippen LogP contribution < -0.4 is 10.1 Å². The Morgan fingerprint density at radius 1 is 1.18 bits per heavy atom. The molecule has 0 spiro atoms. The van der Waals surface area contributed by atoms with Crippen molar-refractivity contribution in [2.45, 2.75) is 46.5 Å². The van der Waals surface area contributed by atoms with E-state index in [0.717, 1.165) is 36.1 Å². The second-order valence-corrected chi connectivity index (χ2v) is 8.18. The molecule has 150 valence electrons. The van der Waals surface area contributed by atoms with Crippen LogP contribution in [0, 0.1) is 5.92 Å². The van der Waals surface area contributed by atoms with Crippen LogP contribution in [0.2, 0.25) is 0 Å². The Labute approximate surface area is 170 Å². The number of benzene rings is 1. The topological polar surface area (TPSA) is 64.6 Å². The highest BCUT2D eigenvalue weighted by Crippen LogP contribution is 2.40. The van der Waals surface area contributed by atoms with E-state index >= 15 is 0 Å². The van der Waals surface area contributed by atoms with Gasteiger partial charge in [-0.15, -0.1) is 11.3 Å². The van der Waals surface area contributed by atoms with Crippen LogP contribution in [0.1, 0.15) is 53.6 Å². The standard InChI is InChI=1S/C22H27NO4S/c1-4-26-16-9-7-15(8-10-16)13-19(24)23-21-20(22(25)27-5-2)17-11-6-14(3)12-18(17)28-21/h7-10,14H,4-6,11-13H2,1-3H3,(H,23,24)/t14-/m0/s1. The summed E-state index contributed by atoms with van der Waals surface area (Å²) in [6, 6.07) is 7.50. The normalized spacial score (nSPS) is 15.6. The van der Waals surface area contributed by atoms with Crippen molar-refractivity contribution in [1.82, 2.24) is 0 Å². The molecule has 1 aliphatic rings. The lowest BCUT2D eigenvalue weighted by Gasteiger charge is -2.18. The maximum absolute atomic E-state index is 12.6. The summed E-state index contributed by atoms with van der Waals surface area (Å²) in [5.41, 5.74) is 2.50. The van der Waals surface area contributed by atoms with Crippen molar-refractivity contribution in [1.29, 1.82) is 0 Å². The first-order valence-electron chi connectivity index (χ1n) is 9.85. The number of esters is 1. The number of fused-ring (bicyclic) bond motifs is 1. The number of carbonyl (C=O) groups excluding carboxylic acids is 2. The van der Waals surface area contributed by atoms with Crippen LogP contribution in [0.3, 0.4) is 0 Å². The van der Waals surface area contributed by atoms with Crippen LogP contribution in [0.15, 0.2) is 24.3 Å². The number of anilines is 1. The molecule has 2 aromatic rings. The predicted octanol–water partition coefficient (Wildman–Crippen LogP) is 4.63. The van der Waals surface area contributed by atoms with Gasteiger partial charge in [0.1, 0.15) is 10.8 Å². The largest absolute Gasteiger partial charge is 0.494 e. The average Bonchev–Trinajstić information content (AvgIpc) is 3.00. The molecule has 28 heavy (non-hydrogen) atoms. The molecule has 0 unspecified atom stereocenters.